The molecular formula is C21H44O9. The number of rotatable bonds is 25. The number of hydrogen-bond acceptors (Lipinski definition) is 9. The van der Waals surface area contributed by atoms with Gasteiger partial charge >= 0.3 is 0 Å². The first-order chi connectivity index (χ1) is 14.7. The Bertz CT molecular complexity index is 316. The molecule has 0 aliphatic rings. The lowest BCUT2D eigenvalue weighted by Gasteiger charge is -2.32. The van der Waals surface area contributed by atoms with Crippen molar-refractivity contribution in [1.29, 1.82) is 0 Å². The van der Waals surface area contributed by atoms with Gasteiger partial charge in [0.1, 0.15) is 0 Å². The molecule has 30 heavy (non-hydrogen) atoms. The molecule has 0 unspecified atom stereocenters. The van der Waals surface area contributed by atoms with E-state index in [9.17, 15) is 0 Å². The van der Waals surface area contributed by atoms with Gasteiger partial charge < -0.3 is 43.7 Å². The van der Waals surface area contributed by atoms with Crippen LogP contribution in [-0.4, -0.2) is 114 Å². The predicted octanol–water partition coefficient (Wildman–Crippen LogP) is 0.630. The highest BCUT2D eigenvalue weighted by molar-refractivity contribution is 4.77. The summed E-state index contributed by atoms with van der Waals surface area (Å²) < 4.78 is 33.4. The number of aliphatic hydroxyl groups is 3. The SMILES string of the molecule is CCC(COCCOCCO)(COCCOCCO)COCCOCCCCCO. The van der Waals surface area contributed by atoms with Crippen LogP contribution in [0.4, 0.5) is 0 Å². The predicted molar refractivity (Wildman–Crippen MR) is 113 cm³/mol. The molecule has 9 heteroatoms. The minimum atomic E-state index is -0.283. The molecule has 0 radical (unpaired) electrons. The molecule has 0 fully saturated rings. The first kappa shape index (κ1) is 29.6. The van der Waals surface area contributed by atoms with E-state index in [2.05, 4.69) is 6.92 Å². The van der Waals surface area contributed by atoms with Crippen molar-refractivity contribution in [3.63, 3.8) is 0 Å². The zero-order chi connectivity index (χ0) is 22.2. The van der Waals surface area contributed by atoms with Gasteiger partial charge in [-0.05, 0) is 25.7 Å². The second-order valence-electron chi connectivity index (χ2n) is 7.08. The lowest BCUT2D eigenvalue weighted by molar-refractivity contribution is -0.0901. The third-order valence-corrected chi connectivity index (χ3v) is 4.51. The van der Waals surface area contributed by atoms with Gasteiger partial charge in [-0.25, -0.2) is 0 Å². The molecular weight excluding hydrogens is 396 g/mol. The van der Waals surface area contributed by atoms with E-state index in [1.165, 1.54) is 0 Å². The van der Waals surface area contributed by atoms with Gasteiger partial charge in [-0.2, -0.15) is 0 Å². The van der Waals surface area contributed by atoms with Crippen molar-refractivity contribution >= 4 is 0 Å². The Morgan fingerprint density at radius 3 is 1.30 bits per heavy atom. The maximum Gasteiger partial charge on any atom is 0.0701 e. The fraction of sp³-hybridized carbons (Fsp3) is 1.00. The zero-order valence-corrected chi connectivity index (χ0v) is 18.7. The Labute approximate surface area is 181 Å². The normalized spacial score (nSPS) is 12.0. The lowest BCUT2D eigenvalue weighted by atomic mass is 9.88. The molecule has 0 aliphatic carbocycles. The first-order valence-electron chi connectivity index (χ1n) is 11.0. The van der Waals surface area contributed by atoms with Gasteiger partial charge in [0, 0.05) is 18.6 Å². The van der Waals surface area contributed by atoms with Crippen molar-refractivity contribution in [2.45, 2.75) is 32.6 Å². The topological polar surface area (TPSA) is 116 Å². The highest BCUT2D eigenvalue weighted by atomic mass is 16.5. The standard InChI is InChI=1S/C21H44O9/c1-2-21(19-29-16-13-26-10-7-23,20-30-17-14-27-11-8-24)18-28-15-12-25-9-5-3-4-6-22/h22-24H,2-20H2,1H3. The summed E-state index contributed by atoms with van der Waals surface area (Å²) in [6.45, 7) is 7.84. The number of hydrogen-bond donors (Lipinski definition) is 3. The van der Waals surface area contributed by atoms with E-state index in [1.807, 2.05) is 0 Å². The maximum atomic E-state index is 8.75. The summed E-state index contributed by atoms with van der Waals surface area (Å²) in [6.07, 6.45) is 3.55. The minimum absolute atomic E-state index is 0.00242. The summed E-state index contributed by atoms with van der Waals surface area (Å²) in [5.74, 6) is 0. The van der Waals surface area contributed by atoms with Crippen molar-refractivity contribution < 1.29 is 43.7 Å². The second-order valence-corrected chi connectivity index (χ2v) is 7.08. The fourth-order valence-electron chi connectivity index (χ4n) is 2.58. The molecule has 3 N–H and O–H groups in total. The average molecular weight is 441 g/mol. The van der Waals surface area contributed by atoms with Crippen LogP contribution in [0.5, 0.6) is 0 Å². The Hall–Kier alpha value is -0.360. The molecule has 9 nitrogen and oxygen atoms in total. The van der Waals surface area contributed by atoms with Crippen LogP contribution in [0.2, 0.25) is 0 Å². The van der Waals surface area contributed by atoms with E-state index in [0.717, 1.165) is 25.7 Å². The lowest BCUT2D eigenvalue weighted by Crippen LogP contribution is -2.38. The molecule has 0 spiro atoms. The Kier molecular flexibility index (Phi) is 23.0. The number of unbranched alkanes of at least 4 members (excludes halogenated alkanes) is 2. The van der Waals surface area contributed by atoms with Crippen LogP contribution < -0.4 is 0 Å². The average Bonchev–Trinajstić information content (AvgIpc) is 2.76. The molecule has 0 rings (SSSR count). The number of aliphatic hydroxyl groups excluding tert-OH is 3. The monoisotopic (exact) mass is 440 g/mol. The molecule has 0 bridgehead atoms. The largest absolute Gasteiger partial charge is 0.396 e. The molecule has 0 aromatic carbocycles. The third kappa shape index (κ3) is 18.4. The molecule has 0 heterocycles. The summed E-state index contributed by atoms with van der Waals surface area (Å²) in [6, 6.07) is 0. The van der Waals surface area contributed by atoms with Crippen LogP contribution in [0.1, 0.15) is 32.6 Å². The Morgan fingerprint density at radius 2 is 0.900 bits per heavy atom. The van der Waals surface area contributed by atoms with Crippen molar-refractivity contribution in [3.8, 4) is 0 Å². The van der Waals surface area contributed by atoms with Gasteiger partial charge in [0.2, 0.25) is 0 Å². The molecule has 0 amide bonds. The van der Waals surface area contributed by atoms with Crippen molar-refractivity contribution in [2.24, 2.45) is 5.41 Å². The van der Waals surface area contributed by atoms with E-state index < -0.39 is 0 Å². The summed E-state index contributed by atoms with van der Waals surface area (Å²) in [4.78, 5) is 0. The molecule has 0 saturated heterocycles. The second kappa shape index (κ2) is 23.3. The first-order valence-corrected chi connectivity index (χ1v) is 11.0. The molecule has 0 aromatic heterocycles. The van der Waals surface area contributed by atoms with Crippen LogP contribution in [0.25, 0.3) is 0 Å². The Balaban J connectivity index is 4.18. The third-order valence-electron chi connectivity index (χ3n) is 4.51. The molecule has 0 aromatic rings. The summed E-state index contributed by atoms with van der Waals surface area (Å²) in [5, 5.41) is 26.2. The van der Waals surface area contributed by atoms with Crippen LogP contribution in [-0.2, 0) is 28.4 Å². The van der Waals surface area contributed by atoms with E-state index >= 15 is 0 Å². The highest BCUT2D eigenvalue weighted by Gasteiger charge is 2.29. The maximum absolute atomic E-state index is 8.75. The molecule has 0 aliphatic heterocycles. The molecule has 0 saturated carbocycles. The van der Waals surface area contributed by atoms with Crippen LogP contribution in [0.15, 0.2) is 0 Å². The van der Waals surface area contributed by atoms with Gasteiger partial charge in [-0.3, -0.25) is 0 Å². The van der Waals surface area contributed by atoms with E-state index in [-0.39, 0.29) is 25.2 Å². The van der Waals surface area contributed by atoms with Crippen LogP contribution in [0.3, 0.4) is 0 Å². The molecule has 182 valence electrons. The Morgan fingerprint density at radius 1 is 0.467 bits per heavy atom. The highest BCUT2D eigenvalue weighted by Crippen LogP contribution is 2.24. The minimum Gasteiger partial charge on any atom is -0.396 e. The van der Waals surface area contributed by atoms with Gasteiger partial charge in [-0.1, -0.05) is 6.92 Å². The van der Waals surface area contributed by atoms with Crippen LogP contribution >= 0.6 is 0 Å². The van der Waals surface area contributed by atoms with Gasteiger partial charge in [-0.15, -0.1) is 0 Å². The van der Waals surface area contributed by atoms with E-state index in [4.69, 9.17) is 43.7 Å². The summed E-state index contributed by atoms with van der Waals surface area (Å²) >= 11 is 0. The number of ether oxygens (including phenoxy) is 6. The summed E-state index contributed by atoms with van der Waals surface area (Å²) in [5.41, 5.74) is -0.283. The van der Waals surface area contributed by atoms with Gasteiger partial charge in [0.05, 0.1) is 85.9 Å². The fourth-order valence-corrected chi connectivity index (χ4v) is 2.58. The van der Waals surface area contributed by atoms with Gasteiger partial charge in [0.25, 0.3) is 0 Å². The summed E-state index contributed by atoms with van der Waals surface area (Å²) in [7, 11) is 0. The zero-order valence-electron chi connectivity index (χ0n) is 18.7. The smallest absolute Gasteiger partial charge is 0.0701 e. The van der Waals surface area contributed by atoms with Gasteiger partial charge in [0.15, 0.2) is 0 Å². The van der Waals surface area contributed by atoms with Crippen molar-refractivity contribution in [1.82, 2.24) is 0 Å². The molecule has 0 atom stereocenters. The quantitative estimate of drug-likeness (QED) is 0.176. The van der Waals surface area contributed by atoms with Crippen molar-refractivity contribution in [2.75, 3.05) is 99.1 Å². The van der Waals surface area contributed by atoms with E-state index in [1.54, 1.807) is 0 Å². The van der Waals surface area contributed by atoms with Crippen molar-refractivity contribution in [3.05, 3.63) is 0 Å². The van der Waals surface area contributed by atoms with Crippen LogP contribution in [0, 0.1) is 5.41 Å². The van der Waals surface area contributed by atoms with E-state index in [0.29, 0.717) is 79.3 Å².